The van der Waals surface area contributed by atoms with E-state index in [9.17, 15) is 5.11 Å². The first-order valence-electron chi connectivity index (χ1n) is 7.31. The first kappa shape index (κ1) is 15.9. The predicted octanol–water partition coefficient (Wildman–Crippen LogP) is 2.37. The van der Waals surface area contributed by atoms with Gasteiger partial charge in [-0.05, 0) is 32.6 Å². The van der Waals surface area contributed by atoms with Crippen molar-refractivity contribution in [3.8, 4) is 0 Å². The van der Waals surface area contributed by atoms with Crippen molar-refractivity contribution in [1.82, 2.24) is 9.88 Å². The van der Waals surface area contributed by atoms with E-state index in [0.717, 1.165) is 38.2 Å². The van der Waals surface area contributed by atoms with Gasteiger partial charge in [0, 0.05) is 31.7 Å². The standard InChI is InChI=1S/C15H26N2O2S/c1-11-9-17(7-5-15(11,18)6-8-19-4)10-14-16-12(2)13(3)20-14/h11,18H,5-10H2,1-4H3/t11-,15-/m1/s1. The molecule has 0 spiro atoms. The molecule has 20 heavy (non-hydrogen) atoms. The van der Waals surface area contributed by atoms with E-state index in [1.807, 2.05) is 0 Å². The lowest BCUT2D eigenvalue weighted by molar-refractivity contribution is -0.0827. The number of aromatic nitrogens is 1. The summed E-state index contributed by atoms with van der Waals surface area (Å²) in [4.78, 5) is 8.32. The van der Waals surface area contributed by atoms with E-state index in [-0.39, 0.29) is 5.92 Å². The van der Waals surface area contributed by atoms with Crippen molar-refractivity contribution >= 4 is 11.3 Å². The van der Waals surface area contributed by atoms with Crippen LogP contribution in [0.25, 0.3) is 0 Å². The summed E-state index contributed by atoms with van der Waals surface area (Å²) in [7, 11) is 1.69. The quantitative estimate of drug-likeness (QED) is 0.906. The summed E-state index contributed by atoms with van der Waals surface area (Å²) in [6.07, 6.45) is 1.55. The second-order valence-corrected chi connectivity index (χ2v) is 7.27. The van der Waals surface area contributed by atoms with Crippen LogP contribution in [-0.2, 0) is 11.3 Å². The third-order valence-corrected chi connectivity index (χ3v) is 5.54. The maximum absolute atomic E-state index is 10.7. The largest absolute Gasteiger partial charge is 0.389 e. The minimum absolute atomic E-state index is 0.272. The molecule has 0 radical (unpaired) electrons. The SMILES string of the molecule is COCC[C@]1(O)CCN(Cc2nc(C)c(C)s2)C[C@H]1C. The summed E-state index contributed by atoms with van der Waals surface area (Å²) in [5.74, 6) is 0.272. The molecule has 5 heteroatoms. The number of rotatable bonds is 5. The lowest BCUT2D eigenvalue weighted by Crippen LogP contribution is -2.51. The van der Waals surface area contributed by atoms with Crippen LogP contribution in [0.15, 0.2) is 0 Å². The van der Waals surface area contributed by atoms with Gasteiger partial charge in [0.2, 0.25) is 0 Å². The van der Waals surface area contributed by atoms with Crippen LogP contribution in [0.1, 0.15) is 35.3 Å². The van der Waals surface area contributed by atoms with Crippen LogP contribution >= 0.6 is 11.3 Å². The van der Waals surface area contributed by atoms with Crippen molar-refractivity contribution < 1.29 is 9.84 Å². The second kappa shape index (κ2) is 6.52. The highest BCUT2D eigenvalue weighted by molar-refractivity contribution is 7.11. The lowest BCUT2D eigenvalue weighted by atomic mass is 9.80. The molecule has 1 N–H and O–H groups in total. The van der Waals surface area contributed by atoms with Crippen LogP contribution in [-0.4, -0.2) is 47.4 Å². The number of ether oxygens (including phenoxy) is 1. The molecule has 2 rings (SSSR count). The molecule has 0 bridgehead atoms. The number of aliphatic hydroxyl groups is 1. The normalized spacial score (nSPS) is 27.9. The predicted molar refractivity (Wildman–Crippen MR) is 82.1 cm³/mol. The Morgan fingerprint density at radius 1 is 1.50 bits per heavy atom. The molecule has 0 aliphatic carbocycles. The first-order chi connectivity index (χ1) is 9.44. The van der Waals surface area contributed by atoms with Gasteiger partial charge < -0.3 is 9.84 Å². The Balaban J connectivity index is 1.91. The molecular formula is C15H26N2O2S. The Kier molecular flexibility index (Phi) is 5.18. The van der Waals surface area contributed by atoms with Crippen LogP contribution in [0.2, 0.25) is 0 Å². The van der Waals surface area contributed by atoms with Crippen LogP contribution in [0.3, 0.4) is 0 Å². The van der Waals surface area contributed by atoms with E-state index in [2.05, 4.69) is 30.7 Å². The summed E-state index contributed by atoms with van der Waals surface area (Å²) < 4.78 is 5.11. The zero-order valence-corrected chi connectivity index (χ0v) is 13.8. The number of aryl methyl sites for hydroxylation is 2. The number of thiazole rings is 1. The Hall–Kier alpha value is -0.490. The van der Waals surface area contributed by atoms with Gasteiger partial charge in [-0.25, -0.2) is 4.98 Å². The highest BCUT2D eigenvalue weighted by atomic mass is 32.1. The molecule has 4 nitrogen and oxygen atoms in total. The van der Waals surface area contributed by atoms with Crippen molar-refractivity contribution in [3.05, 3.63) is 15.6 Å². The lowest BCUT2D eigenvalue weighted by Gasteiger charge is -2.43. The molecule has 114 valence electrons. The van der Waals surface area contributed by atoms with Crippen molar-refractivity contribution in [2.24, 2.45) is 5.92 Å². The van der Waals surface area contributed by atoms with E-state index in [1.54, 1.807) is 18.4 Å². The monoisotopic (exact) mass is 298 g/mol. The summed E-state index contributed by atoms with van der Waals surface area (Å²) in [6.45, 7) is 9.73. The second-order valence-electron chi connectivity index (χ2n) is 5.98. The first-order valence-corrected chi connectivity index (χ1v) is 8.13. The van der Waals surface area contributed by atoms with Crippen molar-refractivity contribution in [3.63, 3.8) is 0 Å². The molecule has 1 saturated heterocycles. The maximum atomic E-state index is 10.7. The third kappa shape index (κ3) is 3.58. The number of methoxy groups -OCH3 is 1. The highest BCUT2D eigenvalue weighted by Gasteiger charge is 2.38. The summed E-state index contributed by atoms with van der Waals surface area (Å²) in [6, 6.07) is 0. The van der Waals surface area contributed by atoms with Gasteiger partial charge in [0.1, 0.15) is 5.01 Å². The van der Waals surface area contributed by atoms with Gasteiger partial charge in [-0.2, -0.15) is 0 Å². The molecule has 0 unspecified atom stereocenters. The third-order valence-electron chi connectivity index (χ3n) is 4.48. The molecule has 2 heterocycles. The number of likely N-dealkylation sites (tertiary alicyclic amines) is 1. The molecule has 0 amide bonds. The van der Waals surface area contributed by atoms with E-state index in [1.165, 1.54) is 9.88 Å². The number of nitrogens with zero attached hydrogens (tertiary/aromatic N) is 2. The van der Waals surface area contributed by atoms with Gasteiger partial charge in [0.05, 0.1) is 17.8 Å². The van der Waals surface area contributed by atoms with Crippen LogP contribution in [0, 0.1) is 19.8 Å². The van der Waals surface area contributed by atoms with Gasteiger partial charge >= 0.3 is 0 Å². The zero-order valence-electron chi connectivity index (χ0n) is 13.0. The Morgan fingerprint density at radius 2 is 2.25 bits per heavy atom. The maximum Gasteiger partial charge on any atom is 0.107 e. The minimum atomic E-state index is -0.568. The van der Waals surface area contributed by atoms with Gasteiger partial charge in [0.25, 0.3) is 0 Å². The molecule has 1 aromatic heterocycles. The topological polar surface area (TPSA) is 45.6 Å². The fraction of sp³-hybridized carbons (Fsp3) is 0.800. The molecule has 0 saturated carbocycles. The van der Waals surface area contributed by atoms with Gasteiger partial charge in [-0.1, -0.05) is 6.92 Å². The van der Waals surface area contributed by atoms with Crippen molar-refractivity contribution in [1.29, 1.82) is 0 Å². The van der Waals surface area contributed by atoms with Crippen LogP contribution < -0.4 is 0 Å². The number of piperidine rings is 1. The molecule has 1 fully saturated rings. The fourth-order valence-electron chi connectivity index (χ4n) is 2.84. The molecule has 0 aromatic carbocycles. The van der Waals surface area contributed by atoms with Gasteiger partial charge in [0.15, 0.2) is 0 Å². The van der Waals surface area contributed by atoms with Gasteiger partial charge in [-0.15, -0.1) is 11.3 Å². The molecule has 2 atom stereocenters. The van der Waals surface area contributed by atoms with E-state index in [0.29, 0.717) is 6.61 Å². The summed E-state index contributed by atoms with van der Waals surface area (Å²) >= 11 is 1.79. The van der Waals surface area contributed by atoms with E-state index in [4.69, 9.17) is 4.74 Å². The summed E-state index contributed by atoms with van der Waals surface area (Å²) in [5, 5.41) is 11.9. The average Bonchev–Trinajstić information content (AvgIpc) is 2.71. The van der Waals surface area contributed by atoms with Crippen molar-refractivity contribution in [2.45, 2.75) is 45.8 Å². The van der Waals surface area contributed by atoms with Gasteiger partial charge in [-0.3, -0.25) is 4.90 Å². The Labute approximate surface area is 125 Å². The van der Waals surface area contributed by atoms with Crippen LogP contribution in [0.5, 0.6) is 0 Å². The Bertz CT molecular complexity index is 430. The molecule has 1 aliphatic heterocycles. The smallest absolute Gasteiger partial charge is 0.107 e. The number of hydrogen-bond donors (Lipinski definition) is 1. The molecule has 1 aromatic rings. The Morgan fingerprint density at radius 3 is 2.80 bits per heavy atom. The van der Waals surface area contributed by atoms with Crippen LogP contribution in [0.4, 0.5) is 0 Å². The minimum Gasteiger partial charge on any atom is -0.389 e. The molecule has 1 aliphatic rings. The average molecular weight is 298 g/mol. The highest BCUT2D eigenvalue weighted by Crippen LogP contribution is 2.32. The molecular weight excluding hydrogens is 272 g/mol. The zero-order chi connectivity index (χ0) is 14.8. The fourth-order valence-corrected chi connectivity index (χ4v) is 3.82. The summed E-state index contributed by atoms with van der Waals surface area (Å²) in [5.41, 5.74) is 0.577. The van der Waals surface area contributed by atoms with E-state index < -0.39 is 5.60 Å². The van der Waals surface area contributed by atoms with Crippen molar-refractivity contribution in [2.75, 3.05) is 26.8 Å². The van der Waals surface area contributed by atoms with E-state index >= 15 is 0 Å². The number of hydrogen-bond acceptors (Lipinski definition) is 5.